The summed E-state index contributed by atoms with van der Waals surface area (Å²) in [7, 11) is 1.49. The highest BCUT2D eigenvalue weighted by Gasteiger charge is 2.10. The van der Waals surface area contributed by atoms with Crippen molar-refractivity contribution in [2.45, 2.75) is 6.42 Å². The van der Waals surface area contributed by atoms with Crippen molar-refractivity contribution in [1.82, 2.24) is 5.48 Å². The van der Waals surface area contributed by atoms with E-state index in [4.69, 9.17) is 4.74 Å². The number of phenols is 1. The third kappa shape index (κ3) is 4.16. The zero-order valence-electron chi connectivity index (χ0n) is 9.60. The quantitative estimate of drug-likeness (QED) is 0.574. The van der Waals surface area contributed by atoms with Gasteiger partial charge >= 0.3 is 5.97 Å². The Morgan fingerprint density at radius 3 is 3.00 bits per heavy atom. The number of hydrogen-bond acceptors (Lipinski definition) is 5. The van der Waals surface area contributed by atoms with E-state index in [0.717, 1.165) is 0 Å². The number of rotatable bonds is 6. The number of phenolic OH excluding ortho intramolecular Hbond substituents is 1. The van der Waals surface area contributed by atoms with Gasteiger partial charge in [0.15, 0.2) is 0 Å². The Morgan fingerprint density at radius 2 is 2.35 bits per heavy atom. The number of nitrogens with one attached hydrogen (secondary N) is 1. The predicted molar refractivity (Wildman–Crippen MR) is 62.7 cm³/mol. The lowest BCUT2D eigenvalue weighted by atomic mass is 10.1. The number of ether oxygens (including phenoxy) is 1. The lowest BCUT2D eigenvalue weighted by Crippen LogP contribution is -2.17. The molecule has 0 saturated carbocycles. The van der Waals surface area contributed by atoms with Crippen LogP contribution in [0, 0.1) is 0 Å². The normalized spacial score (nSPS) is 9.71. The van der Waals surface area contributed by atoms with Gasteiger partial charge in [-0.3, -0.25) is 4.79 Å². The van der Waals surface area contributed by atoms with Crippen molar-refractivity contribution < 1.29 is 19.5 Å². The minimum absolute atomic E-state index is 0.0298. The largest absolute Gasteiger partial charge is 0.508 e. The van der Waals surface area contributed by atoms with Crippen LogP contribution in [0.4, 0.5) is 0 Å². The van der Waals surface area contributed by atoms with Gasteiger partial charge in [-0.25, -0.2) is 0 Å². The first-order valence-electron chi connectivity index (χ1n) is 5.09. The maximum Gasteiger partial charge on any atom is 0.329 e. The van der Waals surface area contributed by atoms with E-state index in [-0.39, 0.29) is 12.2 Å². The van der Waals surface area contributed by atoms with Gasteiger partial charge < -0.3 is 14.7 Å². The Balaban J connectivity index is 2.75. The van der Waals surface area contributed by atoms with E-state index >= 15 is 0 Å². The van der Waals surface area contributed by atoms with Crippen LogP contribution < -0.4 is 10.2 Å². The molecule has 2 N–H and O–H groups in total. The summed E-state index contributed by atoms with van der Waals surface area (Å²) in [6, 6.07) is 4.68. The molecule has 1 aromatic carbocycles. The summed E-state index contributed by atoms with van der Waals surface area (Å²) >= 11 is 0. The van der Waals surface area contributed by atoms with Crippen molar-refractivity contribution in [3.63, 3.8) is 0 Å². The van der Waals surface area contributed by atoms with Gasteiger partial charge in [-0.15, -0.1) is 0 Å². The van der Waals surface area contributed by atoms with E-state index in [1.54, 1.807) is 18.2 Å². The molecular weight excluding hydrogens is 222 g/mol. The summed E-state index contributed by atoms with van der Waals surface area (Å²) in [5, 5.41) is 9.57. The first kappa shape index (κ1) is 13.1. The molecule has 0 heterocycles. The summed E-state index contributed by atoms with van der Waals surface area (Å²) < 4.78 is 5.30. The van der Waals surface area contributed by atoms with Crippen molar-refractivity contribution in [3.05, 3.63) is 36.4 Å². The van der Waals surface area contributed by atoms with Gasteiger partial charge in [0.25, 0.3) is 0 Å². The number of hydrogen-bond donors (Lipinski definition) is 2. The average Bonchev–Trinajstić information content (AvgIpc) is 2.30. The van der Waals surface area contributed by atoms with Gasteiger partial charge in [0, 0.05) is 12.6 Å². The van der Waals surface area contributed by atoms with Gasteiger partial charge in [0.1, 0.15) is 18.1 Å². The van der Waals surface area contributed by atoms with Crippen LogP contribution in [0.15, 0.2) is 30.9 Å². The van der Waals surface area contributed by atoms with E-state index in [0.29, 0.717) is 17.9 Å². The monoisotopic (exact) mass is 237 g/mol. The van der Waals surface area contributed by atoms with E-state index in [2.05, 4.69) is 16.9 Å². The van der Waals surface area contributed by atoms with Crippen LogP contribution in [0.25, 0.3) is 0 Å². The third-order valence-electron chi connectivity index (χ3n) is 1.97. The first-order valence-corrected chi connectivity index (χ1v) is 5.09. The molecule has 0 saturated heterocycles. The maximum absolute atomic E-state index is 11.2. The van der Waals surface area contributed by atoms with Crippen LogP contribution in [-0.2, 0) is 16.1 Å². The molecule has 92 valence electrons. The molecular formula is C12H15NO4. The molecule has 0 unspecified atom stereocenters. The fourth-order valence-electron chi connectivity index (χ4n) is 1.25. The van der Waals surface area contributed by atoms with Crippen LogP contribution in [0.2, 0.25) is 0 Å². The topological polar surface area (TPSA) is 67.8 Å². The van der Waals surface area contributed by atoms with E-state index < -0.39 is 5.97 Å². The Bertz CT molecular complexity index is 403. The van der Waals surface area contributed by atoms with Crippen molar-refractivity contribution in [2.24, 2.45) is 0 Å². The SMILES string of the molecule is C=CCOc1ccc(O)c(CC(=O)ONC)c1. The highest BCUT2D eigenvalue weighted by atomic mass is 16.7. The number of hydroxylamine groups is 1. The first-order chi connectivity index (χ1) is 8.17. The van der Waals surface area contributed by atoms with Crippen molar-refractivity contribution in [3.8, 4) is 11.5 Å². The highest BCUT2D eigenvalue weighted by molar-refractivity contribution is 5.73. The van der Waals surface area contributed by atoms with Crippen molar-refractivity contribution in [1.29, 1.82) is 0 Å². The van der Waals surface area contributed by atoms with Crippen LogP contribution in [0.3, 0.4) is 0 Å². The van der Waals surface area contributed by atoms with Crippen molar-refractivity contribution in [2.75, 3.05) is 13.7 Å². The van der Waals surface area contributed by atoms with Gasteiger partial charge in [0.05, 0.1) is 6.42 Å². The smallest absolute Gasteiger partial charge is 0.329 e. The molecule has 0 aliphatic heterocycles. The van der Waals surface area contributed by atoms with Crippen LogP contribution in [-0.4, -0.2) is 24.7 Å². The Kier molecular flexibility index (Phi) is 5.03. The van der Waals surface area contributed by atoms with Crippen LogP contribution in [0.5, 0.6) is 11.5 Å². The van der Waals surface area contributed by atoms with Gasteiger partial charge in [-0.05, 0) is 18.2 Å². The maximum atomic E-state index is 11.2. The molecule has 0 spiro atoms. The predicted octanol–water partition coefficient (Wildman–Crippen LogP) is 1.18. The second-order valence-electron chi connectivity index (χ2n) is 3.25. The summed E-state index contributed by atoms with van der Waals surface area (Å²) in [4.78, 5) is 15.8. The average molecular weight is 237 g/mol. The molecule has 0 atom stereocenters. The number of carbonyl (C=O) groups is 1. The summed E-state index contributed by atoms with van der Waals surface area (Å²) in [5.41, 5.74) is 2.73. The summed E-state index contributed by atoms with van der Waals surface area (Å²) in [6.45, 7) is 3.90. The molecule has 0 amide bonds. The molecule has 0 radical (unpaired) electrons. The molecule has 5 nitrogen and oxygen atoms in total. The standard InChI is InChI=1S/C12H15NO4/c1-3-6-16-10-4-5-11(14)9(7-10)8-12(15)17-13-2/h3-5,7,13-14H,1,6,8H2,2H3. The molecule has 0 aliphatic rings. The highest BCUT2D eigenvalue weighted by Crippen LogP contribution is 2.23. The van der Waals surface area contributed by atoms with E-state index in [1.807, 2.05) is 0 Å². The second-order valence-corrected chi connectivity index (χ2v) is 3.25. The molecule has 1 rings (SSSR count). The molecule has 0 fully saturated rings. The molecule has 0 aliphatic carbocycles. The lowest BCUT2D eigenvalue weighted by molar-refractivity contribution is -0.149. The fourth-order valence-corrected chi connectivity index (χ4v) is 1.25. The minimum atomic E-state index is -0.483. The van der Waals surface area contributed by atoms with Gasteiger partial charge in [-0.2, -0.15) is 5.48 Å². The zero-order valence-corrected chi connectivity index (χ0v) is 9.60. The summed E-state index contributed by atoms with van der Waals surface area (Å²) in [6.07, 6.45) is 1.58. The van der Waals surface area contributed by atoms with Gasteiger partial charge in [-0.1, -0.05) is 12.7 Å². The molecule has 17 heavy (non-hydrogen) atoms. The minimum Gasteiger partial charge on any atom is -0.508 e. The number of carbonyl (C=O) groups excluding carboxylic acids is 1. The van der Waals surface area contributed by atoms with Crippen LogP contribution >= 0.6 is 0 Å². The number of aromatic hydroxyl groups is 1. The zero-order chi connectivity index (χ0) is 12.7. The summed E-state index contributed by atoms with van der Waals surface area (Å²) in [5.74, 6) is 0.114. The van der Waals surface area contributed by atoms with E-state index in [1.165, 1.54) is 13.1 Å². The lowest BCUT2D eigenvalue weighted by Gasteiger charge is -2.08. The van der Waals surface area contributed by atoms with Crippen molar-refractivity contribution >= 4 is 5.97 Å². The third-order valence-corrected chi connectivity index (χ3v) is 1.97. The number of benzene rings is 1. The molecule has 0 bridgehead atoms. The molecule has 5 heteroatoms. The second kappa shape index (κ2) is 6.55. The Hall–Kier alpha value is -2.01. The Labute approximate surface area is 99.6 Å². The fraction of sp³-hybridized carbons (Fsp3) is 0.250. The van der Waals surface area contributed by atoms with E-state index in [9.17, 15) is 9.90 Å². The van der Waals surface area contributed by atoms with Crippen LogP contribution in [0.1, 0.15) is 5.56 Å². The van der Waals surface area contributed by atoms with Gasteiger partial charge in [0.2, 0.25) is 0 Å². The molecule has 0 aromatic heterocycles. The Morgan fingerprint density at radius 1 is 1.59 bits per heavy atom. The molecule has 1 aromatic rings.